The third-order valence-corrected chi connectivity index (χ3v) is 4.78. The molecule has 2 aromatic carbocycles. The van der Waals surface area contributed by atoms with Crippen LogP contribution in [0.25, 0.3) is 0 Å². The number of nitrogens with one attached hydrogen (secondary N) is 1. The van der Waals surface area contributed by atoms with Gasteiger partial charge in [0.2, 0.25) is 11.8 Å². The number of aryl methyl sites for hydroxylation is 1. The summed E-state index contributed by atoms with van der Waals surface area (Å²) in [6.45, 7) is 2.47. The number of aliphatic hydroxyl groups is 1. The number of hydrogen-bond donors (Lipinski definition) is 2. The van der Waals surface area contributed by atoms with Crippen LogP contribution in [-0.2, 0) is 22.6 Å². The molecule has 0 heterocycles. The zero-order chi connectivity index (χ0) is 21.1. The highest BCUT2D eigenvalue weighted by Crippen LogP contribution is 2.16. The largest absolute Gasteiger partial charge is 0.497 e. The third-order valence-electron chi connectivity index (χ3n) is 4.78. The van der Waals surface area contributed by atoms with Crippen molar-refractivity contribution in [3.8, 4) is 5.75 Å². The molecule has 0 aliphatic heterocycles. The molecule has 156 valence electrons. The predicted octanol–water partition coefficient (Wildman–Crippen LogP) is 2.54. The lowest BCUT2D eigenvalue weighted by atomic mass is 10.1. The fraction of sp³-hybridized carbons (Fsp3) is 0.391. The summed E-state index contributed by atoms with van der Waals surface area (Å²) in [4.78, 5) is 27.1. The van der Waals surface area contributed by atoms with Crippen LogP contribution < -0.4 is 10.1 Å². The van der Waals surface area contributed by atoms with Gasteiger partial charge in [0.25, 0.3) is 0 Å². The highest BCUT2D eigenvalue weighted by molar-refractivity contribution is 5.87. The first-order chi connectivity index (χ1) is 14.0. The Kier molecular flexibility index (Phi) is 9.18. The highest BCUT2D eigenvalue weighted by atomic mass is 16.5. The van der Waals surface area contributed by atoms with E-state index >= 15 is 0 Å². The van der Waals surface area contributed by atoms with Crippen molar-refractivity contribution >= 4 is 11.8 Å². The van der Waals surface area contributed by atoms with Gasteiger partial charge in [0.05, 0.1) is 7.11 Å². The molecule has 29 heavy (non-hydrogen) atoms. The number of carbonyl (C=O) groups is 2. The molecule has 6 nitrogen and oxygen atoms in total. The third kappa shape index (κ3) is 7.23. The maximum atomic E-state index is 13.0. The Labute approximate surface area is 172 Å². The zero-order valence-electron chi connectivity index (χ0n) is 17.1. The molecule has 6 heteroatoms. The Hall–Kier alpha value is -2.86. The van der Waals surface area contributed by atoms with E-state index in [0.29, 0.717) is 32.4 Å². The van der Waals surface area contributed by atoms with E-state index in [2.05, 4.69) is 5.32 Å². The monoisotopic (exact) mass is 398 g/mol. The highest BCUT2D eigenvalue weighted by Gasteiger charge is 2.25. The first-order valence-electron chi connectivity index (χ1n) is 9.90. The molecule has 0 fully saturated rings. The van der Waals surface area contributed by atoms with Gasteiger partial charge in [-0.25, -0.2) is 0 Å². The number of amides is 2. The lowest BCUT2D eigenvalue weighted by Gasteiger charge is -2.29. The SMILES string of the molecule is COc1ccc(CN(C(=O)CCc2ccccc2)[C@@H](C)C(=O)NCCCO)cc1. The molecule has 0 saturated carbocycles. The fourth-order valence-electron chi connectivity index (χ4n) is 2.99. The van der Waals surface area contributed by atoms with Crippen LogP contribution in [0.2, 0.25) is 0 Å². The Morgan fingerprint density at radius 2 is 1.76 bits per heavy atom. The van der Waals surface area contributed by atoms with E-state index < -0.39 is 6.04 Å². The number of methoxy groups -OCH3 is 1. The van der Waals surface area contributed by atoms with Crippen molar-refractivity contribution in [2.45, 2.75) is 38.8 Å². The summed E-state index contributed by atoms with van der Waals surface area (Å²) in [5, 5.41) is 11.7. The van der Waals surface area contributed by atoms with Gasteiger partial charge in [-0.15, -0.1) is 0 Å². The van der Waals surface area contributed by atoms with Crippen LogP contribution in [0.4, 0.5) is 0 Å². The van der Waals surface area contributed by atoms with E-state index in [0.717, 1.165) is 16.9 Å². The van der Waals surface area contributed by atoms with Crippen LogP contribution in [0, 0.1) is 0 Å². The Bertz CT molecular complexity index is 762. The van der Waals surface area contributed by atoms with Gasteiger partial charge in [0.15, 0.2) is 0 Å². The minimum atomic E-state index is -0.612. The predicted molar refractivity (Wildman–Crippen MR) is 112 cm³/mol. The van der Waals surface area contributed by atoms with E-state index in [9.17, 15) is 9.59 Å². The Morgan fingerprint density at radius 1 is 1.07 bits per heavy atom. The maximum Gasteiger partial charge on any atom is 0.242 e. The van der Waals surface area contributed by atoms with Gasteiger partial charge in [0, 0.05) is 26.1 Å². The quantitative estimate of drug-likeness (QED) is 0.570. The van der Waals surface area contributed by atoms with E-state index in [4.69, 9.17) is 9.84 Å². The number of benzene rings is 2. The molecule has 2 rings (SSSR count). The Morgan fingerprint density at radius 3 is 2.38 bits per heavy atom. The van der Waals surface area contributed by atoms with Crippen molar-refractivity contribution in [2.24, 2.45) is 0 Å². The Balaban J connectivity index is 2.09. The van der Waals surface area contributed by atoms with E-state index in [1.807, 2.05) is 54.6 Å². The summed E-state index contributed by atoms with van der Waals surface area (Å²) in [6, 6.07) is 16.7. The van der Waals surface area contributed by atoms with Crippen molar-refractivity contribution < 1.29 is 19.4 Å². The molecule has 0 spiro atoms. The summed E-state index contributed by atoms with van der Waals surface area (Å²) in [5.41, 5.74) is 2.01. The van der Waals surface area contributed by atoms with Gasteiger partial charge in [-0.05, 0) is 43.0 Å². The molecule has 0 aromatic heterocycles. The van der Waals surface area contributed by atoms with E-state index in [-0.39, 0.29) is 18.4 Å². The second kappa shape index (κ2) is 11.9. The van der Waals surface area contributed by atoms with E-state index in [1.54, 1.807) is 18.9 Å². The number of carbonyl (C=O) groups excluding carboxylic acids is 2. The standard InChI is InChI=1S/C23H30N2O4/c1-18(23(28)24-15-6-16-26)25(17-20-9-12-21(29-2)13-10-20)22(27)14-11-19-7-4-3-5-8-19/h3-5,7-10,12-13,18,26H,6,11,14-17H2,1-2H3,(H,24,28)/t18-/m0/s1. The topological polar surface area (TPSA) is 78.9 Å². The summed E-state index contributed by atoms with van der Waals surface area (Å²) >= 11 is 0. The van der Waals surface area contributed by atoms with Gasteiger partial charge >= 0.3 is 0 Å². The number of aliphatic hydroxyl groups excluding tert-OH is 1. The number of nitrogens with zero attached hydrogens (tertiary/aromatic N) is 1. The van der Waals surface area contributed by atoms with Crippen LogP contribution in [-0.4, -0.2) is 48.1 Å². The molecule has 0 aliphatic rings. The first-order valence-corrected chi connectivity index (χ1v) is 9.90. The molecule has 2 amide bonds. The van der Waals surface area contributed by atoms with Gasteiger partial charge in [-0.3, -0.25) is 9.59 Å². The molecule has 0 bridgehead atoms. The molecule has 0 unspecified atom stereocenters. The van der Waals surface area contributed by atoms with Crippen molar-refractivity contribution in [1.82, 2.24) is 10.2 Å². The van der Waals surface area contributed by atoms with Crippen LogP contribution in [0.3, 0.4) is 0 Å². The summed E-state index contributed by atoms with van der Waals surface area (Å²) in [7, 11) is 1.60. The lowest BCUT2D eigenvalue weighted by molar-refractivity contribution is -0.140. The summed E-state index contributed by atoms with van der Waals surface area (Å²) in [5.74, 6) is 0.444. The summed E-state index contributed by atoms with van der Waals surface area (Å²) in [6.07, 6.45) is 1.44. The molecule has 0 radical (unpaired) electrons. The molecular formula is C23H30N2O4. The minimum Gasteiger partial charge on any atom is -0.497 e. The molecule has 0 aliphatic carbocycles. The van der Waals surface area contributed by atoms with E-state index in [1.165, 1.54) is 0 Å². The number of hydrogen-bond acceptors (Lipinski definition) is 4. The smallest absolute Gasteiger partial charge is 0.242 e. The molecular weight excluding hydrogens is 368 g/mol. The molecule has 2 N–H and O–H groups in total. The maximum absolute atomic E-state index is 13.0. The van der Waals surface area contributed by atoms with Gasteiger partial charge in [0.1, 0.15) is 11.8 Å². The van der Waals surface area contributed by atoms with Gasteiger partial charge in [-0.2, -0.15) is 0 Å². The second-order valence-electron chi connectivity index (χ2n) is 6.90. The van der Waals surface area contributed by atoms with Gasteiger partial charge < -0.3 is 20.1 Å². The normalized spacial score (nSPS) is 11.6. The van der Waals surface area contributed by atoms with Crippen LogP contribution in [0.15, 0.2) is 54.6 Å². The van der Waals surface area contributed by atoms with Crippen LogP contribution in [0.5, 0.6) is 5.75 Å². The van der Waals surface area contributed by atoms with Crippen molar-refractivity contribution in [2.75, 3.05) is 20.3 Å². The number of ether oxygens (including phenoxy) is 1. The van der Waals surface area contributed by atoms with Crippen molar-refractivity contribution in [3.63, 3.8) is 0 Å². The number of rotatable bonds is 11. The lowest BCUT2D eigenvalue weighted by Crippen LogP contribution is -2.47. The minimum absolute atomic E-state index is 0.0141. The van der Waals surface area contributed by atoms with Crippen LogP contribution in [0.1, 0.15) is 30.9 Å². The fourth-order valence-corrected chi connectivity index (χ4v) is 2.99. The van der Waals surface area contributed by atoms with Crippen molar-refractivity contribution in [1.29, 1.82) is 0 Å². The molecule has 1 atom stereocenters. The first kappa shape index (κ1) is 22.4. The summed E-state index contributed by atoms with van der Waals surface area (Å²) < 4.78 is 5.18. The molecule has 0 saturated heterocycles. The molecule has 2 aromatic rings. The zero-order valence-corrected chi connectivity index (χ0v) is 17.1. The van der Waals surface area contributed by atoms with Crippen molar-refractivity contribution in [3.05, 3.63) is 65.7 Å². The average molecular weight is 399 g/mol. The van der Waals surface area contributed by atoms with Crippen LogP contribution >= 0.6 is 0 Å². The average Bonchev–Trinajstić information content (AvgIpc) is 2.76. The second-order valence-corrected chi connectivity index (χ2v) is 6.90. The van der Waals surface area contributed by atoms with Gasteiger partial charge in [-0.1, -0.05) is 42.5 Å².